The molecule has 166 valence electrons. The maximum Gasteiger partial charge on any atom is 0.220 e. The molecule has 1 fully saturated rings. The minimum absolute atomic E-state index is 0.0222. The van der Waals surface area contributed by atoms with Crippen molar-refractivity contribution in [3.05, 3.63) is 53.6 Å². The van der Waals surface area contributed by atoms with Crippen LogP contribution >= 0.6 is 0 Å². The Hall–Kier alpha value is -2.11. The summed E-state index contributed by atoms with van der Waals surface area (Å²) in [5, 5.41) is 13.3. The third kappa shape index (κ3) is 9.59. The molecule has 1 aromatic rings. The van der Waals surface area contributed by atoms with Gasteiger partial charge in [-0.1, -0.05) is 41.5 Å². The van der Waals surface area contributed by atoms with Gasteiger partial charge >= 0.3 is 0 Å². The molecule has 0 spiro atoms. The summed E-state index contributed by atoms with van der Waals surface area (Å²) in [6, 6.07) is 9.41. The second kappa shape index (κ2) is 13.2. The van der Waals surface area contributed by atoms with E-state index in [1.807, 2.05) is 30.3 Å². The van der Waals surface area contributed by atoms with E-state index in [0.717, 1.165) is 31.7 Å². The summed E-state index contributed by atoms with van der Waals surface area (Å²) in [6.45, 7) is 9.35. The van der Waals surface area contributed by atoms with Crippen LogP contribution < -0.4 is 10.1 Å². The standard InChI is InChI=1S/C25H38N2O3/c1-20(2)9-7-10-21(3)14-16-27-17-15-24(28)23(19-27)26-25(29)13-8-18-30-22-11-5-4-6-12-22/h4-6,9,11-12,14,23-24,28H,7-8,10,13,15-19H2,1-3H3,(H,26,29)/b21-14+/t23-,24+/m1/s1. The molecule has 0 radical (unpaired) electrons. The number of hydrogen-bond donors (Lipinski definition) is 2. The van der Waals surface area contributed by atoms with E-state index in [2.05, 4.69) is 43.1 Å². The van der Waals surface area contributed by atoms with Gasteiger partial charge in [0.25, 0.3) is 0 Å². The number of carbonyl (C=O) groups excluding carboxylic acids is 1. The highest BCUT2D eigenvalue weighted by Gasteiger charge is 2.28. The molecule has 5 heteroatoms. The van der Waals surface area contributed by atoms with Gasteiger partial charge in [0.1, 0.15) is 5.75 Å². The van der Waals surface area contributed by atoms with Crippen LogP contribution in [0, 0.1) is 0 Å². The highest BCUT2D eigenvalue weighted by atomic mass is 16.5. The maximum atomic E-state index is 12.3. The van der Waals surface area contributed by atoms with Gasteiger partial charge in [-0.3, -0.25) is 9.69 Å². The van der Waals surface area contributed by atoms with E-state index in [-0.39, 0.29) is 11.9 Å². The van der Waals surface area contributed by atoms with Crippen LogP contribution in [0.3, 0.4) is 0 Å². The van der Waals surface area contributed by atoms with Gasteiger partial charge < -0.3 is 15.2 Å². The van der Waals surface area contributed by atoms with E-state index in [9.17, 15) is 9.90 Å². The van der Waals surface area contributed by atoms with Crippen LogP contribution in [0.4, 0.5) is 0 Å². The first-order valence-corrected chi connectivity index (χ1v) is 11.1. The lowest BCUT2D eigenvalue weighted by Gasteiger charge is -2.36. The SMILES string of the molecule is CC(C)=CCC/C(C)=C/CN1CC[C@H](O)[C@H](NC(=O)CCCOc2ccccc2)C1. The molecular weight excluding hydrogens is 376 g/mol. The first kappa shape index (κ1) is 24.2. The van der Waals surface area contributed by atoms with Crippen LogP contribution in [0.5, 0.6) is 5.75 Å². The second-order valence-electron chi connectivity index (χ2n) is 8.43. The predicted molar refractivity (Wildman–Crippen MR) is 123 cm³/mol. The monoisotopic (exact) mass is 414 g/mol. The van der Waals surface area contributed by atoms with Gasteiger partial charge in [-0.25, -0.2) is 0 Å². The minimum Gasteiger partial charge on any atom is -0.494 e. The molecule has 1 aliphatic heterocycles. The van der Waals surface area contributed by atoms with Gasteiger partial charge in [0.2, 0.25) is 5.91 Å². The van der Waals surface area contributed by atoms with Crippen molar-refractivity contribution in [1.29, 1.82) is 0 Å². The van der Waals surface area contributed by atoms with Crippen LogP contribution in [0.15, 0.2) is 53.6 Å². The molecule has 2 atom stereocenters. The van der Waals surface area contributed by atoms with Gasteiger partial charge in [0.15, 0.2) is 0 Å². The van der Waals surface area contributed by atoms with Crippen LogP contribution in [-0.2, 0) is 4.79 Å². The Bertz CT molecular complexity index is 696. The molecule has 1 heterocycles. The number of carbonyl (C=O) groups is 1. The van der Waals surface area contributed by atoms with Crippen molar-refractivity contribution < 1.29 is 14.6 Å². The fraction of sp³-hybridized carbons (Fsp3) is 0.560. The van der Waals surface area contributed by atoms with Crippen molar-refractivity contribution in [3.63, 3.8) is 0 Å². The molecule has 2 rings (SSSR count). The normalized spacial score (nSPS) is 19.9. The van der Waals surface area contributed by atoms with Crippen LogP contribution in [0.2, 0.25) is 0 Å². The number of aliphatic hydroxyl groups is 1. The number of hydrogen-bond acceptors (Lipinski definition) is 4. The molecule has 30 heavy (non-hydrogen) atoms. The molecule has 5 nitrogen and oxygen atoms in total. The summed E-state index contributed by atoms with van der Waals surface area (Å²) in [4.78, 5) is 14.6. The average Bonchev–Trinajstić information content (AvgIpc) is 2.72. The van der Waals surface area contributed by atoms with Crippen molar-refractivity contribution >= 4 is 5.91 Å². The fourth-order valence-electron chi connectivity index (χ4n) is 3.51. The Balaban J connectivity index is 1.68. The number of benzene rings is 1. The first-order chi connectivity index (χ1) is 14.4. The third-order valence-corrected chi connectivity index (χ3v) is 5.36. The largest absolute Gasteiger partial charge is 0.494 e. The number of para-hydroxylation sites is 1. The summed E-state index contributed by atoms with van der Waals surface area (Å²) in [7, 11) is 0. The van der Waals surface area contributed by atoms with E-state index in [1.165, 1.54) is 11.1 Å². The van der Waals surface area contributed by atoms with E-state index < -0.39 is 6.10 Å². The van der Waals surface area contributed by atoms with E-state index in [4.69, 9.17) is 4.74 Å². The Kier molecular flexibility index (Phi) is 10.7. The number of piperidine rings is 1. The summed E-state index contributed by atoms with van der Waals surface area (Å²) in [5.74, 6) is 0.798. The lowest BCUT2D eigenvalue weighted by atomic mass is 10.0. The molecule has 1 saturated heterocycles. The molecule has 0 aromatic heterocycles. The Labute approximate surface area is 181 Å². The van der Waals surface area contributed by atoms with Gasteiger partial charge in [-0.15, -0.1) is 0 Å². The molecule has 0 aliphatic carbocycles. The number of nitrogens with one attached hydrogen (secondary N) is 1. The van der Waals surface area contributed by atoms with Crippen LogP contribution in [-0.4, -0.2) is 54.3 Å². The summed E-state index contributed by atoms with van der Waals surface area (Å²) in [5.41, 5.74) is 2.75. The highest BCUT2D eigenvalue weighted by Crippen LogP contribution is 2.14. The lowest BCUT2D eigenvalue weighted by molar-refractivity contribution is -0.123. The number of rotatable bonds is 11. The van der Waals surface area contributed by atoms with Crippen molar-refractivity contribution in [2.75, 3.05) is 26.2 Å². The fourth-order valence-corrected chi connectivity index (χ4v) is 3.51. The molecule has 1 aliphatic rings. The van der Waals surface area contributed by atoms with Gasteiger partial charge in [0, 0.05) is 26.1 Å². The number of amides is 1. The quantitative estimate of drug-likeness (QED) is 0.423. The van der Waals surface area contributed by atoms with Crippen molar-refractivity contribution in [3.8, 4) is 5.75 Å². The zero-order valence-electron chi connectivity index (χ0n) is 18.8. The maximum absolute atomic E-state index is 12.3. The Morgan fingerprint density at radius 3 is 2.70 bits per heavy atom. The number of aliphatic hydroxyl groups excluding tert-OH is 1. The van der Waals surface area contributed by atoms with Gasteiger partial charge in [0.05, 0.1) is 18.8 Å². The smallest absolute Gasteiger partial charge is 0.220 e. The first-order valence-electron chi connectivity index (χ1n) is 11.1. The molecular formula is C25H38N2O3. The Morgan fingerprint density at radius 1 is 1.20 bits per heavy atom. The van der Waals surface area contributed by atoms with Crippen molar-refractivity contribution in [1.82, 2.24) is 10.2 Å². The van der Waals surface area contributed by atoms with Gasteiger partial charge in [-0.05, 0) is 58.6 Å². The second-order valence-corrected chi connectivity index (χ2v) is 8.43. The zero-order valence-corrected chi connectivity index (χ0v) is 18.8. The number of ether oxygens (including phenoxy) is 1. The number of likely N-dealkylation sites (tertiary alicyclic amines) is 1. The zero-order chi connectivity index (χ0) is 21.8. The molecule has 0 saturated carbocycles. The Morgan fingerprint density at radius 2 is 1.97 bits per heavy atom. The van der Waals surface area contributed by atoms with Crippen LogP contribution in [0.1, 0.15) is 52.9 Å². The minimum atomic E-state index is -0.478. The van der Waals surface area contributed by atoms with E-state index >= 15 is 0 Å². The van der Waals surface area contributed by atoms with E-state index in [0.29, 0.717) is 32.4 Å². The molecule has 0 unspecified atom stereocenters. The number of nitrogens with zero attached hydrogens (tertiary/aromatic N) is 1. The summed E-state index contributed by atoms with van der Waals surface area (Å²) < 4.78 is 5.63. The average molecular weight is 415 g/mol. The third-order valence-electron chi connectivity index (χ3n) is 5.36. The van der Waals surface area contributed by atoms with Crippen molar-refractivity contribution in [2.24, 2.45) is 0 Å². The van der Waals surface area contributed by atoms with Gasteiger partial charge in [-0.2, -0.15) is 0 Å². The molecule has 1 amide bonds. The lowest BCUT2D eigenvalue weighted by Crippen LogP contribution is -2.55. The summed E-state index contributed by atoms with van der Waals surface area (Å²) in [6.07, 6.45) is 7.96. The van der Waals surface area contributed by atoms with Crippen molar-refractivity contribution in [2.45, 2.75) is 65.0 Å². The van der Waals surface area contributed by atoms with E-state index in [1.54, 1.807) is 0 Å². The topological polar surface area (TPSA) is 61.8 Å². The number of allylic oxidation sites excluding steroid dienone is 3. The summed E-state index contributed by atoms with van der Waals surface area (Å²) >= 11 is 0. The van der Waals surface area contributed by atoms with Crippen LogP contribution in [0.25, 0.3) is 0 Å². The highest BCUT2D eigenvalue weighted by molar-refractivity contribution is 5.76. The molecule has 0 bridgehead atoms. The predicted octanol–water partition coefficient (Wildman–Crippen LogP) is 4.09. The molecule has 1 aromatic carbocycles. The molecule has 2 N–H and O–H groups in total.